The van der Waals surface area contributed by atoms with E-state index in [2.05, 4.69) is 72.6 Å². The van der Waals surface area contributed by atoms with Crippen molar-refractivity contribution >= 4 is 5.91 Å². The van der Waals surface area contributed by atoms with Crippen molar-refractivity contribution < 1.29 is 14.3 Å². The Morgan fingerprint density at radius 1 is 0.912 bits per heavy atom. The lowest BCUT2D eigenvalue weighted by Gasteiger charge is -2.39. The molecule has 34 heavy (non-hydrogen) atoms. The number of piperidine rings is 1. The monoisotopic (exact) mass is 456 g/mol. The fourth-order valence-electron chi connectivity index (χ4n) is 5.01. The number of hydrogen-bond acceptors (Lipinski definition) is 4. The van der Waals surface area contributed by atoms with E-state index in [0.717, 1.165) is 43.0 Å². The third kappa shape index (κ3) is 4.95. The minimum Gasteiger partial charge on any atom is -0.454 e. The van der Waals surface area contributed by atoms with Crippen LogP contribution in [0.3, 0.4) is 0 Å². The van der Waals surface area contributed by atoms with Gasteiger partial charge in [-0.2, -0.15) is 0 Å². The molecule has 2 unspecified atom stereocenters. The number of likely N-dealkylation sites (tertiary alicyclic amines) is 1. The van der Waals surface area contributed by atoms with Gasteiger partial charge < -0.3 is 14.8 Å². The van der Waals surface area contributed by atoms with E-state index in [4.69, 9.17) is 9.47 Å². The van der Waals surface area contributed by atoms with E-state index in [1.54, 1.807) is 0 Å². The Bertz CT molecular complexity index is 1160. The van der Waals surface area contributed by atoms with Crippen molar-refractivity contribution in [2.75, 3.05) is 13.3 Å². The molecule has 176 valence electrons. The normalized spacial score (nSPS) is 19.7. The van der Waals surface area contributed by atoms with Gasteiger partial charge in [0, 0.05) is 25.7 Å². The van der Waals surface area contributed by atoms with Crippen LogP contribution in [0.15, 0.2) is 66.7 Å². The van der Waals surface area contributed by atoms with E-state index in [9.17, 15) is 4.79 Å². The quantitative estimate of drug-likeness (QED) is 0.547. The summed E-state index contributed by atoms with van der Waals surface area (Å²) >= 11 is 0. The van der Waals surface area contributed by atoms with Crippen molar-refractivity contribution in [3.05, 3.63) is 94.5 Å². The number of carbonyl (C=O) groups is 1. The molecule has 2 aliphatic heterocycles. The average Bonchev–Trinajstić information content (AvgIpc) is 3.33. The smallest absolute Gasteiger partial charge is 0.231 e. The zero-order valence-corrected chi connectivity index (χ0v) is 19.9. The van der Waals surface area contributed by atoms with Crippen LogP contribution in [0.25, 0.3) is 0 Å². The zero-order chi connectivity index (χ0) is 23.5. The molecule has 1 amide bonds. The van der Waals surface area contributed by atoms with Crippen molar-refractivity contribution in [2.45, 2.75) is 45.8 Å². The zero-order valence-electron chi connectivity index (χ0n) is 19.9. The van der Waals surface area contributed by atoms with Gasteiger partial charge in [-0.25, -0.2) is 0 Å². The number of hydrogen-bond donors (Lipinski definition) is 1. The molecule has 1 saturated heterocycles. The Balaban J connectivity index is 1.28. The van der Waals surface area contributed by atoms with E-state index in [-0.39, 0.29) is 18.6 Å². The Hall–Kier alpha value is -3.31. The highest BCUT2D eigenvalue weighted by Crippen LogP contribution is 2.35. The molecule has 1 N–H and O–H groups in total. The van der Waals surface area contributed by atoms with Gasteiger partial charge in [0.15, 0.2) is 11.5 Å². The summed E-state index contributed by atoms with van der Waals surface area (Å²) in [4.78, 5) is 15.6. The molecule has 1 fully saturated rings. The number of ether oxygens (including phenoxy) is 2. The second-order valence-corrected chi connectivity index (χ2v) is 9.45. The van der Waals surface area contributed by atoms with Crippen LogP contribution in [0, 0.1) is 19.8 Å². The standard InChI is InChI=1S/C29H32N2O3/c1-20-8-9-23(14-21(20)2)17-31-18-25(11-12-26(31)24-6-4-3-5-7-24)29(32)30-16-22-10-13-27-28(15-22)34-19-33-27/h3-10,13-15,25-26H,11-12,16-19H2,1-2H3,(H,30,32). The van der Waals surface area contributed by atoms with Gasteiger partial charge >= 0.3 is 0 Å². The number of carbonyl (C=O) groups excluding carboxylic acids is 1. The first-order valence-electron chi connectivity index (χ1n) is 12.1. The van der Waals surface area contributed by atoms with Gasteiger partial charge in [0.25, 0.3) is 0 Å². The highest BCUT2D eigenvalue weighted by Gasteiger charge is 2.32. The first kappa shape index (κ1) is 22.5. The second kappa shape index (κ2) is 9.90. The third-order valence-electron chi connectivity index (χ3n) is 7.10. The minimum absolute atomic E-state index is 0.0273. The van der Waals surface area contributed by atoms with Gasteiger partial charge in [-0.15, -0.1) is 0 Å². The largest absolute Gasteiger partial charge is 0.454 e. The van der Waals surface area contributed by atoms with Crippen LogP contribution in [0.5, 0.6) is 11.5 Å². The molecule has 0 radical (unpaired) electrons. The van der Waals surface area contributed by atoms with Gasteiger partial charge in [0.2, 0.25) is 12.7 Å². The molecule has 0 aliphatic carbocycles. The number of rotatable bonds is 6. The van der Waals surface area contributed by atoms with Crippen molar-refractivity contribution in [1.82, 2.24) is 10.2 Å². The molecule has 2 atom stereocenters. The van der Waals surface area contributed by atoms with Crippen molar-refractivity contribution in [3.8, 4) is 11.5 Å². The number of fused-ring (bicyclic) bond motifs is 1. The van der Waals surface area contributed by atoms with Gasteiger partial charge in [-0.05, 0) is 66.6 Å². The molecule has 0 aromatic heterocycles. The topological polar surface area (TPSA) is 50.8 Å². The van der Waals surface area contributed by atoms with Crippen LogP contribution in [-0.4, -0.2) is 24.1 Å². The summed E-state index contributed by atoms with van der Waals surface area (Å²) < 4.78 is 10.8. The highest BCUT2D eigenvalue weighted by molar-refractivity contribution is 5.79. The maximum Gasteiger partial charge on any atom is 0.231 e. The van der Waals surface area contributed by atoms with Crippen LogP contribution in [0.4, 0.5) is 0 Å². The van der Waals surface area contributed by atoms with Crippen molar-refractivity contribution in [3.63, 3.8) is 0 Å². The van der Waals surface area contributed by atoms with E-state index in [1.165, 1.54) is 22.3 Å². The van der Waals surface area contributed by atoms with E-state index in [0.29, 0.717) is 12.6 Å². The van der Waals surface area contributed by atoms with Crippen LogP contribution in [-0.2, 0) is 17.9 Å². The van der Waals surface area contributed by atoms with Gasteiger partial charge in [-0.1, -0.05) is 54.6 Å². The molecule has 5 heteroatoms. The lowest BCUT2D eigenvalue weighted by molar-refractivity contribution is -0.127. The summed E-state index contributed by atoms with van der Waals surface area (Å²) in [7, 11) is 0. The summed E-state index contributed by atoms with van der Waals surface area (Å²) in [6.07, 6.45) is 1.85. The highest BCUT2D eigenvalue weighted by atomic mass is 16.7. The molecule has 0 saturated carbocycles. The fourth-order valence-corrected chi connectivity index (χ4v) is 5.01. The molecule has 3 aromatic rings. The van der Waals surface area contributed by atoms with Crippen LogP contribution < -0.4 is 14.8 Å². The fraction of sp³-hybridized carbons (Fsp3) is 0.345. The summed E-state index contributed by atoms with van der Waals surface area (Å²) in [5.74, 6) is 1.60. The molecule has 3 aromatic carbocycles. The molecule has 0 bridgehead atoms. The molecule has 2 aliphatic rings. The maximum absolute atomic E-state index is 13.2. The molecule has 5 nitrogen and oxygen atoms in total. The van der Waals surface area contributed by atoms with E-state index >= 15 is 0 Å². The lowest BCUT2D eigenvalue weighted by Crippen LogP contribution is -2.44. The predicted octanol–water partition coefficient (Wildman–Crippen LogP) is 5.30. The molecule has 2 heterocycles. The number of benzene rings is 3. The molecular weight excluding hydrogens is 424 g/mol. The summed E-state index contributed by atoms with van der Waals surface area (Å²) in [6, 6.07) is 23.5. The Morgan fingerprint density at radius 2 is 1.71 bits per heavy atom. The second-order valence-electron chi connectivity index (χ2n) is 9.45. The average molecular weight is 457 g/mol. The molecular formula is C29H32N2O3. The van der Waals surface area contributed by atoms with Crippen LogP contribution in [0.1, 0.15) is 46.7 Å². The Kier molecular flexibility index (Phi) is 6.54. The first-order chi connectivity index (χ1) is 16.6. The van der Waals surface area contributed by atoms with E-state index < -0.39 is 0 Å². The van der Waals surface area contributed by atoms with Crippen LogP contribution >= 0.6 is 0 Å². The van der Waals surface area contributed by atoms with Gasteiger partial charge in [-0.3, -0.25) is 9.69 Å². The van der Waals surface area contributed by atoms with Crippen molar-refractivity contribution in [2.24, 2.45) is 5.92 Å². The third-order valence-corrected chi connectivity index (χ3v) is 7.10. The summed E-state index contributed by atoms with van der Waals surface area (Å²) in [6.45, 7) is 6.65. The SMILES string of the molecule is Cc1ccc(CN2CC(C(=O)NCc3ccc4c(c3)OCO4)CCC2c2ccccc2)cc1C. The maximum atomic E-state index is 13.2. The number of nitrogens with one attached hydrogen (secondary N) is 1. The number of aryl methyl sites for hydroxylation is 2. The molecule has 5 rings (SSSR count). The lowest BCUT2D eigenvalue weighted by atomic mass is 9.88. The van der Waals surface area contributed by atoms with E-state index in [1.807, 2.05) is 18.2 Å². The van der Waals surface area contributed by atoms with Crippen LogP contribution in [0.2, 0.25) is 0 Å². The summed E-state index contributed by atoms with van der Waals surface area (Å²) in [5.41, 5.74) is 6.25. The van der Waals surface area contributed by atoms with Gasteiger partial charge in [0.05, 0.1) is 5.92 Å². The van der Waals surface area contributed by atoms with Crippen molar-refractivity contribution in [1.29, 1.82) is 0 Å². The van der Waals surface area contributed by atoms with Gasteiger partial charge in [0.1, 0.15) is 0 Å². The number of nitrogens with zero attached hydrogens (tertiary/aromatic N) is 1. The predicted molar refractivity (Wildman–Crippen MR) is 133 cm³/mol. The molecule has 0 spiro atoms. The minimum atomic E-state index is -0.0273. The Labute approximate surface area is 201 Å². The first-order valence-corrected chi connectivity index (χ1v) is 12.1. The Morgan fingerprint density at radius 3 is 2.53 bits per heavy atom. The summed E-state index contributed by atoms with van der Waals surface area (Å²) in [5, 5.41) is 3.15. The number of amides is 1.